The van der Waals surface area contributed by atoms with Crippen molar-refractivity contribution in [1.82, 2.24) is 39.9 Å². The highest BCUT2D eigenvalue weighted by Crippen LogP contribution is 2.37. The number of imide groups is 1. The van der Waals surface area contributed by atoms with Gasteiger partial charge in [-0.2, -0.15) is 10.4 Å². The molecule has 3 amide bonds. The molecule has 1 atom stereocenters. The van der Waals surface area contributed by atoms with Crippen LogP contribution < -0.4 is 15.5 Å². The molecule has 2 N–H and O–H groups in total. The van der Waals surface area contributed by atoms with Crippen molar-refractivity contribution in [3.8, 4) is 28.0 Å². The Labute approximate surface area is 327 Å². The van der Waals surface area contributed by atoms with Crippen LogP contribution in [0.2, 0.25) is 0 Å². The number of pyridine rings is 1. The molecule has 16 heteroatoms. The summed E-state index contributed by atoms with van der Waals surface area (Å²) in [5.74, 6) is -0.592. The van der Waals surface area contributed by atoms with Crippen LogP contribution in [0, 0.1) is 11.3 Å². The molecule has 286 valence electrons. The van der Waals surface area contributed by atoms with Gasteiger partial charge in [-0.05, 0) is 66.6 Å². The first-order valence-corrected chi connectivity index (χ1v) is 20.0. The van der Waals surface area contributed by atoms with Crippen LogP contribution in [0.25, 0.3) is 27.5 Å². The summed E-state index contributed by atoms with van der Waals surface area (Å²) >= 11 is 1.52. The van der Waals surface area contributed by atoms with E-state index in [9.17, 15) is 19.6 Å². The number of hydrogen-bond acceptors (Lipinski definition) is 13. The molecule has 0 saturated carbocycles. The molecule has 8 heterocycles. The Kier molecular flexibility index (Phi) is 9.88. The van der Waals surface area contributed by atoms with Gasteiger partial charge in [0.1, 0.15) is 6.07 Å². The SMILES string of the molecule is N#Cc1cnn2c(-c3cc(NC4CCOCC4)c(-c4nnc(N5CCN(C(=O)CN6CCc7cc([C@H]8CCC(=O)NC8=O)ccc7C6)CC5)s4)cn3)ccc2c1. The van der Waals surface area contributed by atoms with Gasteiger partial charge in [-0.1, -0.05) is 29.5 Å². The first-order valence-electron chi connectivity index (χ1n) is 19.2. The van der Waals surface area contributed by atoms with Crippen molar-refractivity contribution in [2.45, 2.75) is 50.6 Å². The first-order chi connectivity index (χ1) is 27.4. The Morgan fingerprint density at radius 2 is 1.82 bits per heavy atom. The number of anilines is 2. The number of carbonyl (C=O) groups excluding carboxylic acids is 3. The zero-order valence-corrected chi connectivity index (χ0v) is 31.6. The second-order valence-electron chi connectivity index (χ2n) is 14.8. The third-order valence-corrected chi connectivity index (χ3v) is 12.3. The average molecular weight is 772 g/mol. The summed E-state index contributed by atoms with van der Waals surface area (Å²) in [6, 6.07) is 16.3. The van der Waals surface area contributed by atoms with Gasteiger partial charge in [0.2, 0.25) is 22.9 Å². The largest absolute Gasteiger partial charge is 0.381 e. The van der Waals surface area contributed by atoms with Crippen LogP contribution in [0.15, 0.2) is 54.9 Å². The minimum atomic E-state index is -0.292. The smallest absolute Gasteiger partial charge is 0.236 e. The molecular weight excluding hydrogens is 731 g/mol. The van der Waals surface area contributed by atoms with Crippen molar-refractivity contribution in [1.29, 1.82) is 5.26 Å². The Hall–Kier alpha value is -5.76. The number of aromatic nitrogens is 5. The fraction of sp³-hybridized carbons (Fsp3) is 0.400. The number of piperidine rings is 1. The number of carbonyl (C=O) groups is 3. The normalized spacial score (nSPS) is 19.4. The Morgan fingerprint density at radius 3 is 2.64 bits per heavy atom. The van der Waals surface area contributed by atoms with E-state index in [2.05, 4.69) is 53.9 Å². The van der Waals surface area contributed by atoms with Crippen molar-refractivity contribution in [2.24, 2.45) is 0 Å². The van der Waals surface area contributed by atoms with Gasteiger partial charge in [0.05, 0.1) is 46.7 Å². The minimum Gasteiger partial charge on any atom is -0.381 e. The molecule has 0 unspecified atom stereocenters. The highest BCUT2D eigenvalue weighted by Gasteiger charge is 2.30. The molecule has 4 aromatic heterocycles. The number of rotatable bonds is 8. The molecule has 4 aliphatic heterocycles. The number of ether oxygens (including phenoxy) is 1. The monoisotopic (exact) mass is 771 g/mol. The predicted octanol–water partition coefficient (Wildman–Crippen LogP) is 3.60. The van der Waals surface area contributed by atoms with E-state index < -0.39 is 0 Å². The van der Waals surface area contributed by atoms with Gasteiger partial charge >= 0.3 is 0 Å². The standard InChI is InChI=1S/C40H41N11O4S/c41-20-25-17-30-3-5-35(51(30)43-21-25)34-19-33(44-29-8-15-55-16-9-29)32(22-42-34)39-46-47-40(56-39)50-13-11-49(12-14-50)37(53)24-48-10-7-26-18-27(1-2-28(26)23-48)31-4-6-36(52)45-38(31)54/h1-3,5,17-19,21-22,29,31H,4,6-16,23-24H2,(H,42,44)(H,45,52,54)/t31-/m1/s1. The van der Waals surface area contributed by atoms with E-state index in [1.807, 2.05) is 41.4 Å². The fourth-order valence-electron chi connectivity index (χ4n) is 8.09. The van der Waals surface area contributed by atoms with Crippen molar-refractivity contribution >= 4 is 45.4 Å². The molecule has 15 nitrogen and oxygen atoms in total. The summed E-state index contributed by atoms with van der Waals surface area (Å²) in [6.45, 7) is 5.78. The van der Waals surface area contributed by atoms with Crippen molar-refractivity contribution in [2.75, 3.05) is 62.7 Å². The molecule has 0 bridgehead atoms. The lowest BCUT2D eigenvalue weighted by molar-refractivity contribution is -0.134. The Morgan fingerprint density at radius 1 is 0.964 bits per heavy atom. The number of nitrogens with one attached hydrogen (secondary N) is 2. The maximum atomic E-state index is 13.5. The van der Waals surface area contributed by atoms with Gasteiger partial charge in [0.25, 0.3) is 0 Å². The van der Waals surface area contributed by atoms with Crippen LogP contribution in [-0.4, -0.2) is 111 Å². The molecule has 9 rings (SSSR count). The number of hydrogen-bond donors (Lipinski definition) is 2. The highest BCUT2D eigenvalue weighted by molar-refractivity contribution is 7.18. The zero-order chi connectivity index (χ0) is 38.2. The summed E-state index contributed by atoms with van der Waals surface area (Å²) < 4.78 is 7.41. The van der Waals surface area contributed by atoms with E-state index in [0.717, 1.165) is 69.7 Å². The molecule has 0 spiro atoms. The molecule has 0 aliphatic carbocycles. The molecule has 56 heavy (non-hydrogen) atoms. The lowest BCUT2D eigenvalue weighted by Gasteiger charge is -2.36. The maximum absolute atomic E-state index is 13.5. The van der Waals surface area contributed by atoms with E-state index in [0.29, 0.717) is 70.9 Å². The van der Waals surface area contributed by atoms with Gasteiger partial charge in [-0.3, -0.25) is 29.6 Å². The Bertz CT molecular complexity index is 2360. The van der Waals surface area contributed by atoms with E-state index in [4.69, 9.17) is 9.72 Å². The number of nitriles is 1. The van der Waals surface area contributed by atoms with Crippen LogP contribution in [0.4, 0.5) is 10.8 Å². The van der Waals surface area contributed by atoms with Gasteiger partial charge in [-0.15, -0.1) is 10.2 Å². The summed E-state index contributed by atoms with van der Waals surface area (Å²) in [7, 11) is 0. The maximum Gasteiger partial charge on any atom is 0.236 e. The lowest BCUT2D eigenvalue weighted by Crippen LogP contribution is -2.51. The minimum absolute atomic E-state index is 0.123. The van der Waals surface area contributed by atoms with Crippen LogP contribution in [0.3, 0.4) is 0 Å². The topological polar surface area (TPSA) is 174 Å². The van der Waals surface area contributed by atoms with Gasteiger partial charge in [-0.25, -0.2) is 4.52 Å². The van der Waals surface area contributed by atoms with Crippen LogP contribution in [0.5, 0.6) is 0 Å². The molecule has 1 aromatic carbocycles. The molecular formula is C40H41N11O4S. The predicted molar refractivity (Wildman–Crippen MR) is 209 cm³/mol. The Balaban J connectivity index is 0.841. The number of benzene rings is 1. The van der Waals surface area contributed by atoms with E-state index in [-0.39, 0.29) is 29.7 Å². The third-order valence-electron chi connectivity index (χ3n) is 11.2. The molecule has 0 radical (unpaired) electrons. The lowest BCUT2D eigenvalue weighted by atomic mass is 9.87. The van der Waals surface area contributed by atoms with Crippen molar-refractivity contribution in [3.05, 3.63) is 77.1 Å². The second kappa shape index (κ2) is 15.4. The summed E-state index contributed by atoms with van der Waals surface area (Å²) in [5, 5.41) is 30.8. The molecule has 3 fully saturated rings. The van der Waals surface area contributed by atoms with E-state index in [1.165, 1.54) is 22.5 Å². The average Bonchev–Trinajstić information content (AvgIpc) is 3.89. The summed E-state index contributed by atoms with van der Waals surface area (Å²) in [5.41, 5.74) is 8.02. The summed E-state index contributed by atoms with van der Waals surface area (Å²) in [4.78, 5) is 48.7. The van der Waals surface area contributed by atoms with Crippen LogP contribution in [0.1, 0.15) is 53.9 Å². The molecule has 4 aliphatic rings. The number of amides is 3. The van der Waals surface area contributed by atoms with Gasteiger partial charge in [0.15, 0.2) is 5.01 Å². The van der Waals surface area contributed by atoms with Crippen molar-refractivity contribution in [3.63, 3.8) is 0 Å². The van der Waals surface area contributed by atoms with Crippen molar-refractivity contribution < 1.29 is 19.1 Å². The van der Waals surface area contributed by atoms with Gasteiger partial charge in [0, 0.05) is 76.8 Å². The molecule has 5 aromatic rings. The second-order valence-corrected chi connectivity index (χ2v) is 15.8. The number of fused-ring (bicyclic) bond motifs is 2. The zero-order valence-electron chi connectivity index (χ0n) is 30.8. The van der Waals surface area contributed by atoms with E-state index in [1.54, 1.807) is 10.7 Å². The third kappa shape index (κ3) is 7.32. The van der Waals surface area contributed by atoms with E-state index >= 15 is 0 Å². The highest BCUT2D eigenvalue weighted by atomic mass is 32.1. The summed E-state index contributed by atoms with van der Waals surface area (Å²) in [6.07, 6.45) is 6.91. The first kappa shape index (κ1) is 35.9. The van der Waals surface area contributed by atoms with Crippen LogP contribution >= 0.6 is 11.3 Å². The van der Waals surface area contributed by atoms with Gasteiger partial charge < -0.3 is 19.9 Å². The fourth-order valence-corrected chi connectivity index (χ4v) is 9.01. The molecule has 3 saturated heterocycles. The quantitative estimate of drug-likeness (QED) is 0.220. The number of piperazine rings is 1. The van der Waals surface area contributed by atoms with Crippen LogP contribution in [-0.2, 0) is 32.1 Å². The number of nitrogens with zero attached hydrogens (tertiary/aromatic N) is 9.